The van der Waals surface area contributed by atoms with Crippen molar-refractivity contribution in [3.05, 3.63) is 64.4 Å². The highest BCUT2D eigenvalue weighted by atomic mass is 79.9. The number of carbonyl (C=O) groups excluding carboxylic acids is 2. The monoisotopic (exact) mass is 559 g/mol. The van der Waals surface area contributed by atoms with Crippen molar-refractivity contribution >= 4 is 51.3 Å². The van der Waals surface area contributed by atoms with Crippen LogP contribution in [-0.4, -0.2) is 46.6 Å². The maximum atomic E-state index is 12.3. The van der Waals surface area contributed by atoms with Crippen molar-refractivity contribution in [2.24, 2.45) is 0 Å². The summed E-state index contributed by atoms with van der Waals surface area (Å²) in [4.78, 5) is 24.6. The van der Waals surface area contributed by atoms with Gasteiger partial charge < -0.3 is 24.7 Å². The predicted octanol–water partition coefficient (Wildman–Crippen LogP) is 4.14. The van der Waals surface area contributed by atoms with Crippen molar-refractivity contribution in [3.8, 4) is 11.5 Å². The summed E-state index contributed by atoms with van der Waals surface area (Å²) in [6, 6.07) is 12.8. The summed E-state index contributed by atoms with van der Waals surface area (Å²) in [5, 5.41) is 14.6. The number of anilines is 1. The van der Waals surface area contributed by atoms with Gasteiger partial charge in [-0.1, -0.05) is 33.8 Å². The minimum absolute atomic E-state index is 0.141. The van der Waals surface area contributed by atoms with Crippen molar-refractivity contribution < 1.29 is 19.1 Å². The summed E-state index contributed by atoms with van der Waals surface area (Å²) in [5.74, 6) is 1.59. The molecule has 0 aliphatic carbocycles. The number of halogens is 1. The quantitative estimate of drug-likeness (QED) is 0.268. The van der Waals surface area contributed by atoms with Crippen LogP contribution in [0.4, 0.5) is 5.69 Å². The van der Waals surface area contributed by atoms with Gasteiger partial charge in [0.15, 0.2) is 22.5 Å². The molecule has 2 aromatic carbocycles. The summed E-state index contributed by atoms with van der Waals surface area (Å²) in [7, 11) is 3.13. The summed E-state index contributed by atoms with van der Waals surface area (Å²) in [6.45, 7) is 2.77. The number of hydrogen-bond donors (Lipinski definition) is 2. The minimum Gasteiger partial charge on any atom is -0.493 e. The number of rotatable bonds is 11. The Morgan fingerprint density at radius 3 is 2.51 bits per heavy atom. The van der Waals surface area contributed by atoms with Crippen LogP contribution in [0.5, 0.6) is 11.5 Å². The third-order valence-corrected chi connectivity index (χ3v) is 6.32. The van der Waals surface area contributed by atoms with E-state index in [2.05, 4.69) is 36.8 Å². The van der Waals surface area contributed by atoms with E-state index in [1.54, 1.807) is 32.4 Å². The number of benzene rings is 2. The number of hydrogen-bond acceptors (Lipinski definition) is 7. The van der Waals surface area contributed by atoms with Gasteiger partial charge in [-0.3, -0.25) is 9.59 Å². The minimum atomic E-state index is -0.270. The fraction of sp³-hybridized carbons (Fsp3) is 0.250. The van der Waals surface area contributed by atoms with Crippen LogP contribution < -0.4 is 20.1 Å². The van der Waals surface area contributed by atoms with Crippen LogP contribution in [0.1, 0.15) is 18.3 Å². The van der Waals surface area contributed by atoms with E-state index >= 15 is 0 Å². The van der Waals surface area contributed by atoms with E-state index in [-0.39, 0.29) is 24.1 Å². The van der Waals surface area contributed by atoms with Crippen molar-refractivity contribution in [1.82, 2.24) is 20.1 Å². The molecule has 184 valence electrons. The van der Waals surface area contributed by atoms with Gasteiger partial charge in [0.05, 0.1) is 26.5 Å². The molecule has 9 nitrogen and oxygen atoms in total. The second-order valence-electron chi connectivity index (χ2n) is 7.15. The van der Waals surface area contributed by atoms with Gasteiger partial charge in [0.25, 0.3) is 0 Å². The maximum Gasteiger partial charge on any atom is 0.244 e. The second kappa shape index (κ2) is 13.0. The lowest BCUT2D eigenvalue weighted by Crippen LogP contribution is -2.22. The Morgan fingerprint density at radius 1 is 1.09 bits per heavy atom. The molecule has 0 atom stereocenters. The smallest absolute Gasteiger partial charge is 0.244 e. The van der Waals surface area contributed by atoms with E-state index < -0.39 is 0 Å². The zero-order chi connectivity index (χ0) is 25.2. The average Bonchev–Trinajstić information content (AvgIpc) is 3.27. The van der Waals surface area contributed by atoms with Crippen molar-refractivity contribution in [1.29, 1.82) is 0 Å². The van der Waals surface area contributed by atoms with Gasteiger partial charge in [-0.25, -0.2) is 0 Å². The molecule has 1 heterocycles. The highest BCUT2D eigenvalue weighted by Gasteiger charge is 2.14. The first-order valence-electron chi connectivity index (χ1n) is 10.7. The molecule has 0 spiro atoms. The Labute approximate surface area is 216 Å². The Morgan fingerprint density at radius 2 is 1.83 bits per heavy atom. The van der Waals surface area contributed by atoms with Gasteiger partial charge >= 0.3 is 0 Å². The normalized spacial score (nSPS) is 10.9. The molecule has 0 aliphatic rings. The number of amides is 2. The van der Waals surface area contributed by atoms with Crippen LogP contribution in [-0.2, 0) is 22.7 Å². The molecule has 0 saturated carbocycles. The van der Waals surface area contributed by atoms with Gasteiger partial charge in [-0.15, -0.1) is 10.2 Å². The maximum absolute atomic E-state index is 12.3. The first-order valence-corrected chi connectivity index (χ1v) is 12.5. The number of ether oxygens (including phenoxy) is 2. The van der Waals surface area contributed by atoms with E-state index in [0.29, 0.717) is 29.0 Å². The van der Waals surface area contributed by atoms with Crippen LogP contribution in [0.25, 0.3) is 6.08 Å². The SMILES string of the molecule is CCn1c(CNC(=O)/C=C/c2ccc(OC)c(OC)c2)nnc1SCC(=O)Nc1ccc(Br)cc1. The third kappa shape index (κ3) is 7.59. The Balaban J connectivity index is 1.53. The van der Waals surface area contributed by atoms with Gasteiger partial charge in [0, 0.05) is 22.8 Å². The molecule has 0 aliphatic heterocycles. The molecule has 0 fully saturated rings. The lowest BCUT2D eigenvalue weighted by Gasteiger charge is -2.08. The Hall–Kier alpha value is -3.31. The summed E-state index contributed by atoms with van der Waals surface area (Å²) in [6.07, 6.45) is 3.13. The molecule has 35 heavy (non-hydrogen) atoms. The molecule has 3 rings (SSSR count). The third-order valence-electron chi connectivity index (χ3n) is 4.83. The van der Waals surface area contributed by atoms with E-state index in [9.17, 15) is 9.59 Å². The first kappa shape index (κ1) is 26.3. The molecule has 2 amide bonds. The van der Waals surface area contributed by atoms with Crippen LogP contribution in [0, 0.1) is 0 Å². The zero-order valence-corrected chi connectivity index (χ0v) is 22.0. The fourth-order valence-corrected chi connectivity index (χ4v) is 4.17. The Kier molecular flexibility index (Phi) is 9.74. The predicted molar refractivity (Wildman–Crippen MR) is 140 cm³/mol. The molecule has 0 bridgehead atoms. The number of thioether (sulfide) groups is 1. The molecule has 0 saturated heterocycles. The van der Waals surface area contributed by atoms with Crippen molar-refractivity contribution in [3.63, 3.8) is 0 Å². The van der Waals surface area contributed by atoms with Gasteiger partial charge in [0.2, 0.25) is 11.8 Å². The van der Waals surface area contributed by atoms with E-state index in [4.69, 9.17) is 9.47 Å². The molecule has 11 heteroatoms. The molecule has 0 radical (unpaired) electrons. The summed E-state index contributed by atoms with van der Waals surface area (Å²) in [5.41, 5.74) is 1.52. The highest BCUT2D eigenvalue weighted by Crippen LogP contribution is 2.28. The van der Waals surface area contributed by atoms with E-state index in [1.165, 1.54) is 17.8 Å². The Bertz CT molecular complexity index is 1200. The number of nitrogens with zero attached hydrogens (tertiary/aromatic N) is 3. The molecular formula is C24H26BrN5O4S. The number of methoxy groups -OCH3 is 2. The molecule has 3 aromatic rings. The van der Waals surface area contributed by atoms with Gasteiger partial charge in [-0.2, -0.15) is 0 Å². The van der Waals surface area contributed by atoms with Crippen molar-refractivity contribution in [2.45, 2.75) is 25.2 Å². The first-order chi connectivity index (χ1) is 16.9. The van der Waals surface area contributed by atoms with E-state index in [1.807, 2.05) is 41.8 Å². The van der Waals surface area contributed by atoms with Crippen LogP contribution in [0.15, 0.2) is 58.2 Å². The largest absolute Gasteiger partial charge is 0.493 e. The van der Waals surface area contributed by atoms with Crippen LogP contribution in [0.2, 0.25) is 0 Å². The number of nitrogens with one attached hydrogen (secondary N) is 2. The second-order valence-corrected chi connectivity index (χ2v) is 9.01. The fourth-order valence-electron chi connectivity index (χ4n) is 3.09. The number of aromatic nitrogens is 3. The van der Waals surface area contributed by atoms with Crippen LogP contribution >= 0.6 is 27.7 Å². The lowest BCUT2D eigenvalue weighted by atomic mass is 10.2. The summed E-state index contributed by atoms with van der Waals surface area (Å²) >= 11 is 4.66. The van der Waals surface area contributed by atoms with Crippen molar-refractivity contribution in [2.75, 3.05) is 25.3 Å². The molecule has 1 aromatic heterocycles. The van der Waals surface area contributed by atoms with Gasteiger partial charge in [-0.05, 0) is 55.0 Å². The van der Waals surface area contributed by atoms with E-state index in [0.717, 1.165) is 15.7 Å². The molecule has 0 unspecified atom stereocenters. The van der Waals surface area contributed by atoms with Crippen LogP contribution in [0.3, 0.4) is 0 Å². The molecule has 2 N–H and O–H groups in total. The topological polar surface area (TPSA) is 107 Å². The van der Waals surface area contributed by atoms with Gasteiger partial charge in [0.1, 0.15) is 0 Å². The standard InChI is InChI=1S/C24H26BrN5O4S/c1-4-30-21(14-26-22(31)12-6-16-5-11-19(33-2)20(13-16)34-3)28-29-24(30)35-15-23(32)27-18-9-7-17(25)8-10-18/h5-13H,4,14-15H2,1-3H3,(H,26,31)(H,27,32)/b12-6+. The molecular weight excluding hydrogens is 534 g/mol. The lowest BCUT2D eigenvalue weighted by molar-refractivity contribution is -0.116. The summed E-state index contributed by atoms with van der Waals surface area (Å²) < 4.78 is 13.3. The average molecular weight is 560 g/mol. The number of carbonyl (C=O) groups is 2. The highest BCUT2D eigenvalue weighted by molar-refractivity contribution is 9.10. The zero-order valence-electron chi connectivity index (χ0n) is 19.6.